The number of nitrogens with zero attached hydrogens (tertiary/aromatic N) is 2. The molecule has 4 heteroatoms. The highest BCUT2D eigenvalue weighted by atomic mass is 79.9. The lowest BCUT2D eigenvalue weighted by Crippen LogP contribution is -2.19. The summed E-state index contributed by atoms with van der Waals surface area (Å²) in [6, 6.07) is 0. The van der Waals surface area contributed by atoms with Crippen molar-refractivity contribution in [3.8, 4) is 0 Å². The number of fused-ring (bicyclic) bond motifs is 1. The van der Waals surface area contributed by atoms with Crippen LogP contribution in [0.1, 0.15) is 24.9 Å². The van der Waals surface area contributed by atoms with E-state index in [2.05, 4.69) is 32.4 Å². The molecule has 2 heterocycles. The lowest BCUT2D eigenvalue weighted by Gasteiger charge is -2.21. The molecule has 2 N–H and O–H groups in total. The molecule has 1 aromatic rings. The molecule has 0 saturated heterocycles. The van der Waals surface area contributed by atoms with Gasteiger partial charge in [-0.1, -0.05) is 6.92 Å². The van der Waals surface area contributed by atoms with E-state index in [1.807, 2.05) is 0 Å². The highest BCUT2D eigenvalue weighted by Gasteiger charge is 2.21. The van der Waals surface area contributed by atoms with E-state index in [-0.39, 0.29) is 0 Å². The zero-order valence-electron chi connectivity index (χ0n) is 7.76. The third kappa shape index (κ3) is 1.53. The van der Waals surface area contributed by atoms with Crippen molar-refractivity contribution < 1.29 is 0 Å². The van der Waals surface area contributed by atoms with Crippen molar-refractivity contribution in [1.82, 2.24) is 9.55 Å². The van der Waals surface area contributed by atoms with Crippen LogP contribution in [-0.4, -0.2) is 9.55 Å². The second kappa shape index (κ2) is 3.42. The molecule has 1 aliphatic rings. The Morgan fingerprint density at radius 3 is 3.15 bits per heavy atom. The van der Waals surface area contributed by atoms with Crippen molar-refractivity contribution in [2.75, 3.05) is 0 Å². The van der Waals surface area contributed by atoms with Crippen LogP contribution in [0.5, 0.6) is 0 Å². The second-order valence-electron chi connectivity index (χ2n) is 3.72. The van der Waals surface area contributed by atoms with E-state index in [1.165, 1.54) is 12.1 Å². The maximum atomic E-state index is 5.62. The molecule has 13 heavy (non-hydrogen) atoms. The molecule has 1 unspecified atom stereocenters. The average Bonchev–Trinajstić information content (AvgIpc) is 2.43. The van der Waals surface area contributed by atoms with Crippen LogP contribution in [0.25, 0.3) is 0 Å². The molecule has 0 aromatic carbocycles. The summed E-state index contributed by atoms with van der Waals surface area (Å²) in [5.74, 6) is 1.78. The molecule has 2 rings (SSSR count). The Morgan fingerprint density at radius 2 is 2.46 bits per heavy atom. The van der Waals surface area contributed by atoms with Crippen LogP contribution in [0.4, 0.5) is 0 Å². The van der Waals surface area contributed by atoms with Gasteiger partial charge in [-0.25, -0.2) is 4.98 Å². The second-order valence-corrected chi connectivity index (χ2v) is 4.47. The van der Waals surface area contributed by atoms with E-state index in [0.717, 1.165) is 29.3 Å². The normalized spacial score (nSPS) is 21.6. The van der Waals surface area contributed by atoms with E-state index in [1.54, 1.807) is 0 Å². The minimum Gasteiger partial charge on any atom is -0.330 e. The summed E-state index contributed by atoms with van der Waals surface area (Å²) in [7, 11) is 0. The van der Waals surface area contributed by atoms with Crippen molar-refractivity contribution >= 4 is 15.9 Å². The van der Waals surface area contributed by atoms with E-state index < -0.39 is 0 Å². The van der Waals surface area contributed by atoms with Crippen LogP contribution in [0, 0.1) is 5.92 Å². The van der Waals surface area contributed by atoms with Gasteiger partial charge in [0.15, 0.2) is 0 Å². The number of aromatic nitrogens is 2. The largest absolute Gasteiger partial charge is 0.330 e. The molecule has 3 nitrogen and oxygen atoms in total. The van der Waals surface area contributed by atoms with Gasteiger partial charge >= 0.3 is 0 Å². The van der Waals surface area contributed by atoms with E-state index in [9.17, 15) is 0 Å². The molecular weight excluding hydrogens is 230 g/mol. The predicted molar refractivity (Wildman–Crippen MR) is 55.3 cm³/mol. The van der Waals surface area contributed by atoms with Crippen LogP contribution in [0.3, 0.4) is 0 Å². The van der Waals surface area contributed by atoms with Crippen LogP contribution in [-0.2, 0) is 19.5 Å². The van der Waals surface area contributed by atoms with Gasteiger partial charge in [0.1, 0.15) is 10.4 Å². The molecular formula is C9H14BrN3. The Hall–Kier alpha value is -0.350. The van der Waals surface area contributed by atoms with Gasteiger partial charge in [-0.05, 0) is 34.7 Å². The third-order valence-corrected chi connectivity index (χ3v) is 3.31. The maximum absolute atomic E-state index is 5.62. The number of hydrogen-bond acceptors (Lipinski definition) is 2. The number of nitrogens with two attached hydrogens (primary N) is 1. The van der Waals surface area contributed by atoms with Gasteiger partial charge in [-0.2, -0.15) is 0 Å². The first kappa shape index (κ1) is 9.21. The summed E-state index contributed by atoms with van der Waals surface area (Å²) in [6.45, 7) is 3.89. The summed E-state index contributed by atoms with van der Waals surface area (Å²) < 4.78 is 3.24. The summed E-state index contributed by atoms with van der Waals surface area (Å²) in [4.78, 5) is 4.40. The first-order chi connectivity index (χ1) is 6.22. The quantitative estimate of drug-likeness (QED) is 0.816. The zero-order chi connectivity index (χ0) is 9.42. The van der Waals surface area contributed by atoms with Crippen molar-refractivity contribution in [2.24, 2.45) is 11.7 Å². The predicted octanol–water partition coefficient (Wildman–Crippen LogP) is 1.69. The van der Waals surface area contributed by atoms with Gasteiger partial charge < -0.3 is 10.3 Å². The lowest BCUT2D eigenvalue weighted by atomic mass is 9.99. The smallest absolute Gasteiger partial charge is 0.127 e. The Balaban J connectivity index is 2.42. The minimum absolute atomic E-state index is 0.535. The highest BCUT2D eigenvalue weighted by Crippen LogP contribution is 2.27. The molecule has 1 aromatic heterocycles. The van der Waals surface area contributed by atoms with Crippen molar-refractivity contribution in [3.05, 3.63) is 16.1 Å². The Bertz CT molecular complexity index is 319. The standard InChI is InChI=1S/C9H14BrN3/c1-6-2-3-13-7(4-6)9(10)12-8(13)5-11/h6H,2-5,11H2,1H3. The fourth-order valence-corrected chi connectivity index (χ4v) is 2.48. The molecule has 0 spiro atoms. The molecule has 1 atom stereocenters. The molecule has 72 valence electrons. The number of imidazole rings is 1. The summed E-state index contributed by atoms with van der Waals surface area (Å²) in [6.07, 6.45) is 2.36. The van der Waals surface area contributed by atoms with Crippen molar-refractivity contribution in [3.63, 3.8) is 0 Å². The van der Waals surface area contributed by atoms with Gasteiger partial charge in [0, 0.05) is 6.54 Å². The fraction of sp³-hybridized carbons (Fsp3) is 0.667. The summed E-state index contributed by atoms with van der Waals surface area (Å²) >= 11 is 3.48. The van der Waals surface area contributed by atoms with Crippen LogP contribution in [0.2, 0.25) is 0 Å². The number of hydrogen-bond donors (Lipinski definition) is 1. The topological polar surface area (TPSA) is 43.8 Å². The highest BCUT2D eigenvalue weighted by molar-refractivity contribution is 9.10. The SMILES string of the molecule is CC1CCn2c(CN)nc(Br)c2C1. The monoisotopic (exact) mass is 243 g/mol. The van der Waals surface area contributed by atoms with Crippen LogP contribution in [0.15, 0.2) is 4.60 Å². The van der Waals surface area contributed by atoms with Crippen molar-refractivity contribution in [1.29, 1.82) is 0 Å². The molecule has 0 amide bonds. The zero-order valence-corrected chi connectivity index (χ0v) is 9.34. The Labute approximate surface area is 86.5 Å². The molecule has 0 fully saturated rings. The van der Waals surface area contributed by atoms with Crippen molar-refractivity contribution in [2.45, 2.75) is 32.9 Å². The number of rotatable bonds is 1. The molecule has 0 radical (unpaired) electrons. The lowest BCUT2D eigenvalue weighted by molar-refractivity contribution is 0.408. The first-order valence-corrected chi connectivity index (χ1v) is 5.45. The minimum atomic E-state index is 0.535. The molecule has 0 aliphatic carbocycles. The maximum Gasteiger partial charge on any atom is 0.127 e. The molecule has 1 aliphatic heterocycles. The Morgan fingerprint density at radius 1 is 1.69 bits per heavy atom. The van der Waals surface area contributed by atoms with Gasteiger partial charge in [0.2, 0.25) is 0 Å². The van der Waals surface area contributed by atoms with E-state index >= 15 is 0 Å². The van der Waals surface area contributed by atoms with E-state index in [4.69, 9.17) is 5.73 Å². The van der Waals surface area contributed by atoms with Crippen LogP contribution < -0.4 is 5.73 Å². The fourth-order valence-electron chi connectivity index (χ4n) is 1.90. The van der Waals surface area contributed by atoms with Gasteiger partial charge in [-0.15, -0.1) is 0 Å². The van der Waals surface area contributed by atoms with Crippen LogP contribution >= 0.6 is 15.9 Å². The molecule has 0 bridgehead atoms. The van der Waals surface area contributed by atoms with Gasteiger partial charge in [0.05, 0.1) is 12.2 Å². The molecule has 0 saturated carbocycles. The summed E-state index contributed by atoms with van der Waals surface area (Å²) in [5.41, 5.74) is 6.94. The first-order valence-electron chi connectivity index (χ1n) is 4.66. The van der Waals surface area contributed by atoms with E-state index in [0.29, 0.717) is 6.54 Å². The Kier molecular flexibility index (Phi) is 2.43. The summed E-state index contributed by atoms with van der Waals surface area (Å²) in [5, 5.41) is 0. The van der Waals surface area contributed by atoms with Gasteiger partial charge in [0.25, 0.3) is 0 Å². The van der Waals surface area contributed by atoms with Gasteiger partial charge in [-0.3, -0.25) is 0 Å². The average molecular weight is 244 g/mol. The third-order valence-electron chi connectivity index (χ3n) is 2.67. The number of halogens is 1.